The summed E-state index contributed by atoms with van der Waals surface area (Å²) in [6.07, 6.45) is 4.34. The van der Waals surface area contributed by atoms with Crippen LogP contribution in [0.15, 0.2) is 35.3 Å². The van der Waals surface area contributed by atoms with E-state index in [1.54, 1.807) is 0 Å². The Kier molecular flexibility index (Phi) is 7.32. The molecule has 0 aliphatic carbocycles. The number of hydrogen-bond donors (Lipinski definition) is 0. The lowest BCUT2D eigenvalue weighted by atomic mass is 10.2. The Morgan fingerprint density at radius 2 is 1.92 bits per heavy atom. The normalized spacial score (nSPS) is 9.92. The summed E-state index contributed by atoms with van der Waals surface area (Å²) in [6.45, 7) is 3.13. The standard InChI is InChI=1S/C11H15N.ClH/c1-2-3-9-12-10-11-7-5-4-6-8-11;/h4-8,10H,2-3,9H2,1H3;1H. The molecule has 72 valence electrons. The average molecular weight is 198 g/mol. The first-order chi connectivity index (χ1) is 5.93. The van der Waals surface area contributed by atoms with E-state index in [1.165, 1.54) is 18.4 Å². The number of halogens is 1. The zero-order valence-corrected chi connectivity index (χ0v) is 8.76. The Bertz CT molecular complexity index is 231. The molecule has 1 rings (SSSR count). The third-order valence-corrected chi connectivity index (χ3v) is 1.68. The molecule has 0 aromatic heterocycles. The third-order valence-electron chi connectivity index (χ3n) is 1.68. The van der Waals surface area contributed by atoms with Gasteiger partial charge in [-0.3, -0.25) is 4.99 Å². The van der Waals surface area contributed by atoms with E-state index in [-0.39, 0.29) is 12.4 Å². The molecule has 1 nitrogen and oxygen atoms in total. The van der Waals surface area contributed by atoms with Gasteiger partial charge in [0.05, 0.1) is 0 Å². The Labute approximate surface area is 86.3 Å². The summed E-state index contributed by atoms with van der Waals surface area (Å²) in [6, 6.07) is 10.2. The van der Waals surface area contributed by atoms with Crippen LogP contribution in [0.5, 0.6) is 0 Å². The minimum absolute atomic E-state index is 0. The number of unbranched alkanes of at least 4 members (excludes halogenated alkanes) is 1. The Balaban J connectivity index is 0.00000144. The monoisotopic (exact) mass is 197 g/mol. The van der Waals surface area contributed by atoms with Crippen LogP contribution in [-0.2, 0) is 0 Å². The first-order valence-corrected chi connectivity index (χ1v) is 4.48. The number of nitrogens with zero attached hydrogens (tertiary/aromatic N) is 1. The Morgan fingerprint density at radius 1 is 1.23 bits per heavy atom. The van der Waals surface area contributed by atoms with Crippen molar-refractivity contribution in [3.8, 4) is 0 Å². The molecule has 0 atom stereocenters. The summed E-state index contributed by atoms with van der Waals surface area (Å²) in [5.74, 6) is 0. The highest BCUT2D eigenvalue weighted by Gasteiger charge is 1.82. The van der Waals surface area contributed by atoms with Crippen LogP contribution in [0.1, 0.15) is 25.3 Å². The van der Waals surface area contributed by atoms with Crippen molar-refractivity contribution < 1.29 is 0 Å². The highest BCUT2D eigenvalue weighted by Crippen LogP contribution is 1.94. The quantitative estimate of drug-likeness (QED) is 0.519. The van der Waals surface area contributed by atoms with E-state index in [0.29, 0.717) is 0 Å². The summed E-state index contributed by atoms with van der Waals surface area (Å²) in [5.41, 5.74) is 1.19. The highest BCUT2D eigenvalue weighted by molar-refractivity contribution is 5.85. The molecule has 1 aromatic rings. The van der Waals surface area contributed by atoms with Gasteiger partial charge in [-0.05, 0) is 12.0 Å². The zero-order valence-electron chi connectivity index (χ0n) is 7.94. The predicted molar refractivity (Wildman–Crippen MR) is 61.1 cm³/mol. The van der Waals surface area contributed by atoms with Crippen molar-refractivity contribution in [2.75, 3.05) is 6.54 Å². The fourth-order valence-corrected chi connectivity index (χ4v) is 0.958. The second-order valence-electron chi connectivity index (χ2n) is 2.80. The van der Waals surface area contributed by atoms with E-state index in [1.807, 2.05) is 24.4 Å². The van der Waals surface area contributed by atoms with Gasteiger partial charge in [0.2, 0.25) is 0 Å². The summed E-state index contributed by atoms with van der Waals surface area (Å²) in [7, 11) is 0. The number of aliphatic imine (C=N–C) groups is 1. The van der Waals surface area contributed by atoms with Crippen LogP contribution in [0, 0.1) is 0 Å². The van der Waals surface area contributed by atoms with Gasteiger partial charge in [0.1, 0.15) is 0 Å². The van der Waals surface area contributed by atoms with Crippen molar-refractivity contribution in [1.29, 1.82) is 0 Å². The summed E-state index contributed by atoms with van der Waals surface area (Å²) in [4.78, 5) is 4.31. The molecular weight excluding hydrogens is 182 g/mol. The van der Waals surface area contributed by atoms with Crippen LogP contribution >= 0.6 is 12.4 Å². The zero-order chi connectivity index (χ0) is 8.65. The molecule has 1 aromatic carbocycles. The molecule has 2 heteroatoms. The molecule has 0 saturated heterocycles. The van der Waals surface area contributed by atoms with Gasteiger partial charge in [-0.15, -0.1) is 12.4 Å². The third kappa shape index (κ3) is 5.42. The van der Waals surface area contributed by atoms with Crippen molar-refractivity contribution in [3.63, 3.8) is 0 Å². The number of hydrogen-bond acceptors (Lipinski definition) is 1. The summed E-state index contributed by atoms with van der Waals surface area (Å²) >= 11 is 0. The molecule has 0 saturated carbocycles. The fraction of sp³-hybridized carbons (Fsp3) is 0.364. The largest absolute Gasteiger partial charge is 0.293 e. The lowest BCUT2D eigenvalue weighted by Gasteiger charge is -1.91. The van der Waals surface area contributed by atoms with Gasteiger partial charge < -0.3 is 0 Å². The van der Waals surface area contributed by atoms with Crippen LogP contribution < -0.4 is 0 Å². The first-order valence-electron chi connectivity index (χ1n) is 4.48. The fourth-order valence-electron chi connectivity index (χ4n) is 0.958. The van der Waals surface area contributed by atoms with Crippen molar-refractivity contribution in [3.05, 3.63) is 35.9 Å². The maximum absolute atomic E-state index is 4.31. The van der Waals surface area contributed by atoms with Gasteiger partial charge in [0.15, 0.2) is 0 Å². The van der Waals surface area contributed by atoms with Crippen LogP contribution in [-0.4, -0.2) is 12.8 Å². The van der Waals surface area contributed by atoms with E-state index in [4.69, 9.17) is 0 Å². The molecule has 0 aliphatic heterocycles. The van der Waals surface area contributed by atoms with Gasteiger partial charge in [-0.2, -0.15) is 0 Å². The van der Waals surface area contributed by atoms with Crippen molar-refractivity contribution in [2.45, 2.75) is 19.8 Å². The minimum atomic E-state index is 0. The van der Waals surface area contributed by atoms with Crippen LogP contribution in [0.2, 0.25) is 0 Å². The molecule has 13 heavy (non-hydrogen) atoms. The number of benzene rings is 1. The number of rotatable bonds is 4. The van der Waals surface area contributed by atoms with Gasteiger partial charge in [-0.25, -0.2) is 0 Å². The summed E-state index contributed by atoms with van der Waals surface area (Å²) in [5, 5.41) is 0. The maximum Gasteiger partial charge on any atom is 0.0389 e. The van der Waals surface area contributed by atoms with Crippen LogP contribution in [0.4, 0.5) is 0 Å². The molecule has 0 amide bonds. The second-order valence-corrected chi connectivity index (χ2v) is 2.80. The topological polar surface area (TPSA) is 12.4 Å². The molecule has 0 bridgehead atoms. The van der Waals surface area contributed by atoms with Crippen LogP contribution in [0.25, 0.3) is 0 Å². The average Bonchev–Trinajstić information content (AvgIpc) is 2.14. The second kappa shape index (κ2) is 7.81. The van der Waals surface area contributed by atoms with Gasteiger partial charge in [0.25, 0.3) is 0 Å². The van der Waals surface area contributed by atoms with Gasteiger partial charge >= 0.3 is 0 Å². The molecular formula is C11H16ClN. The van der Waals surface area contributed by atoms with E-state index < -0.39 is 0 Å². The molecule has 0 N–H and O–H groups in total. The van der Waals surface area contributed by atoms with Crippen molar-refractivity contribution >= 4 is 18.6 Å². The lowest BCUT2D eigenvalue weighted by Crippen LogP contribution is -1.83. The summed E-state index contributed by atoms with van der Waals surface area (Å²) < 4.78 is 0. The highest BCUT2D eigenvalue weighted by atomic mass is 35.5. The van der Waals surface area contributed by atoms with E-state index in [9.17, 15) is 0 Å². The predicted octanol–water partition coefficient (Wildman–Crippen LogP) is 3.33. The van der Waals surface area contributed by atoms with Crippen molar-refractivity contribution in [2.24, 2.45) is 4.99 Å². The molecule has 0 radical (unpaired) electrons. The maximum atomic E-state index is 4.31. The molecule has 0 spiro atoms. The lowest BCUT2D eigenvalue weighted by molar-refractivity contribution is 0.810. The molecule has 0 fully saturated rings. The van der Waals surface area contributed by atoms with Crippen molar-refractivity contribution in [1.82, 2.24) is 0 Å². The van der Waals surface area contributed by atoms with E-state index in [0.717, 1.165) is 6.54 Å². The van der Waals surface area contributed by atoms with Crippen LogP contribution in [0.3, 0.4) is 0 Å². The first kappa shape index (κ1) is 12.2. The SMILES string of the molecule is CCCCN=Cc1ccccc1.Cl. The minimum Gasteiger partial charge on any atom is -0.293 e. The molecule has 0 heterocycles. The van der Waals surface area contributed by atoms with E-state index in [2.05, 4.69) is 24.0 Å². The van der Waals surface area contributed by atoms with E-state index >= 15 is 0 Å². The van der Waals surface area contributed by atoms with Gasteiger partial charge in [-0.1, -0.05) is 43.7 Å². The Morgan fingerprint density at radius 3 is 2.54 bits per heavy atom. The molecule has 0 aliphatic rings. The smallest absolute Gasteiger partial charge is 0.0389 e. The van der Waals surface area contributed by atoms with Gasteiger partial charge in [0, 0.05) is 12.8 Å². The molecule has 0 unspecified atom stereocenters. The Hall–Kier alpha value is -0.820.